The topological polar surface area (TPSA) is 113 Å². The molecule has 0 aromatic heterocycles. The van der Waals surface area contributed by atoms with Gasteiger partial charge in [0.05, 0.1) is 11.4 Å². The fourth-order valence-electron chi connectivity index (χ4n) is 1.48. The predicted molar refractivity (Wildman–Crippen MR) is 73.5 cm³/mol. The summed E-state index contributed by atoms with van der Waals surface area (Å²) in [4.78, 5) is 32.9. The van der Waals surface area contributed by atoms with Gasteiger partial charge in [-0.3, -0.25) is 9.59 Å². The van der Waals surface area contributed by atoms with Crippen LogP contribution in [0.15, 0.2) is 18.2 Å². The summed E-state index contributed by atoms with van der Waals surface area (Å²) in [5, 5.41) is 19.7. The van der Waals surface area contributed by atoms with Crippen LogP contribution in [0.1, 0.15) is 12.0 Å². The van der Waals surface area contributed by atoms with Crippen molar-refractivity contribution in [1.29, 1.82) is 0 Å². The van der Waals surface area contributed by atoms with Crippen molar-refractivity contribution in [1.82, 2.24) is 5.32 Å². The fourth-order valence-corrected chi connectivity index (χ4v) is 1.65. The monoisotopic (exact) mass is 315 g/mol. The molecular formula is C13H14ClNO6. The highest BCUT2D eigenvalue weighted by Crippen LogP contribution is 2.24. The maximum Gasteiger partial charge on any atom is 0.326 e. The predicted octanol–water partition coefficient (Wildman–Crippen LogP) is 1.07. The van der Waals surface area contributed by atoms with Gasteiger partial charge in [0.25, 0.3) is 5.91 Å². The number of carbonyl (C=O) groups excluding carboxylic acids is 1. The Bertz CT molecular complexity index is 560. The molecule has 0 aliphatic heterocycles. The van der Waals surface area contributed by atoms with Crippen molar-refractivity contribution in [3.05, 3.63) is 28.8 Å². The minimum absolute atomic E-state index is 0.289. The van der Waals surface area contributed by atoms with Gasteiger partial charge in [-0.1, -0.05) is 17.7 Å². The van der Waals surface area contributed by atoms with E-state index >= 15 is 0 Å². The van der Waals surface area contributed by atoms with Crippen LogP contribution in [0.5, 0.6) is 5.75 Å². The summed E-state index contributed by atoms with van der Waals surface area (Å²) in [6.07, 6.45) is -0.716. The summed E-state index contributed by atoms with van der Waals surface area (Å²) < 4.78 is 5.18. The average molecular weight is 316 g/mol. The van der Waals surface area contributed by atoms with Crippen LogP contribution in [0.2, 0.25) is 5.02 Å². The van der Waals surface area contributed by atoms with Crippen LogP contribution < -0.4 is 10.1 Å². The molecule has 1 atom stereocenters. The van der Waals surface area contributed by atoms with E-state index in [1.54, 1.807) is 18.2 Å². The van der Waals surface area contributed by atoms with E-state index in [4.69, 9.17) is 26.6 Å². The number of ether oxygens (including phenoxy) is 1. The lowest BCUT2D eigenvalue weighted by molar-refractivity contribution is -0.147. The minimum atomic E-state index is -1.51. The summed E-state index contributed by atoms with van der Waals surface area (Å²) in [5.74, 6) is -3.22. The number of benzene rings is 1. The van der Waals surface area contributed by atoms with E-state index in [-0.39, 0.29) is 5.75 Å². The molecule has 114 valence electrons. The van der Waals surface area contributed by atoms with Crippen LogP contribution in [0.4, 0.5) is 0 Å². The Balaban J connectivity index is 2.58. The molecule has 8 heteroatoms. The SMILES string of the molecule is Cc1ccc(Cl)c(OCC(=O)N[C@@H](CC(=O)O)C(=O)O)c1. The van der Waals surface area contributed by atoms with Gasteiger partial charge in [-0.25, -0.2) is 4.79 Å². The van der Waals surface area contributed by atoms with Gasteiger partial charge in [0.15, 0.2) is 6.61 Å². The molecule has 0 aliphatic rings. The van der Waals surface area contributed by atoms with Crippen LogP contribution in [-0.4, -0.2) is 40.7 Å². The highest BCUT2D eigenvalue weighted by molar-refractivity contribution is 6.32. The molecule has 0 saturated carbocycles. The molecule has 0 bridgehead atoms. The smallest absolute Gasteiger partial charge is 0.326 e. The zero-order valence-electron chi connectivity index (χ0n) is 11.1. The Kier molecular flexibility index (Phi) is 5.98. The summed E-state index contributed by atoms with van der Waals surface area (Å²) >= 11 is 5.88. The van der Waals surface area contributed by atoms with Crippen molar-refractivity contribution in [2.75, 3.05) is 6.61 Å². The normalized spacial score (nSPS) is 11.5. The Morgan fingerprint density at radius 3 is 2.57 bits per heavy atom. The Morgan fingerprint density at radius 1 is 1.33 bits per heavy atom. The highest BCUT2D eigenvalue weighted by Gasteiger charge is 2.23. The van der Waals surface area contributed by atoms with Crippen molar-refractivity contribution < 1.29 is 29.3 Å². The Labute approximate surface area is 125 Å². The van der Waals surface area contributed by atoms with Gasteiger partial charge in [-0.2, -0.15) is 0 Å². The molecule has 0 fully saturated rings. The number of amides is 1. The van der Waals surface area contributed by atoms with Crippen molar-refractivity contribution >= 4 is 29.4 Å². The average Bonchev–Trinajstić information content (AvgIpc) is 2.38. The molecule has 1 aromatic rings. The molecule has 1 aromatic carbocycles. The maximum absolute atomic E-state index is 11.6. The molecule has 0 unspecified atom stereocenters. The van der Waals surface area contributed by atoms with E-state index in [0.29, 0.717) is 5.02 Å². The molecule has 0 heterocycles. The van der Waals surface area contributed by atoms with Gasteiger partial charge in [0.2, 0.25) is 0 Å². The van der Waals surface area contributed by atoms with E-state index in [1.807, 2.05) is 6.92 Å². The van der Waals surface area contributed by atoms with Gasteiger partial charge in [0.1, 0.15) is 11.8 Å². The largest absolute Gasteiger partial charge is 0.482 e. The lowest BCUT2D eigenvalue weighted by Crippen LogP contribution is -2.44. The van der Waals surface area contributed by atoms with Gasteiger partial charge < -0.3 is 20.3 Å². The van der Waals surface area contributed by atoms with Crippen molar-refractivity contribution in [2.24, 2.45) is 0 Å². The first kappa shape index (κ1) is 16.8. The maximum atomic E-state index is 11.6. The second kappa shape index (κ2) is 7.49. The molecule has 0 radical (unpaired) electrons. The third kappa shape index (κ3) is 5.70. The number of carboxylic acid groups (broad SMARTS) is 2. The number of aliphatic carboxylic acids is 2. The van der Waals surface area contributed by atoms with Crippen molar-refractivity contribution in [3.63, 3.8) is 0 Å². The number of halogens is 1. The van der Waals surface area contributed by atoms with Crippen LogP contribution in [0.25, 0.3) is 0 Å². The van der Waals surface area contributed by atoms with Crippen LogP contribution >= 0.6 is 11.6 Å². The zero-order valence-corrected chi connectivity index (χ0v) is 11.9. The molecule has 0 saturated heterocycles. The second-order valence-corrected chi connectivity index (χ2v) is 4.69. The summed E-state index contributed by atoms with van der Waals surface area (Å²) in [6.45, 7) is 1.35. The highest BCUT2D eigenvalue weighted by atomic mass is 35.5. The number of rotatable bonds is 7. The molecular weight excluding hydrogens is 302 g/mol. The molecule has 3 N–H and O–H groups in total. The molecule has 0 aliphatic carbocycles. The first-order valence-electron chi connectivity index (χ1n) is 5.92. The zero-order chi connectivity index (χ0) is 16.0. The number of hydrogen-bond donors (Lipinski definition) is 3. The lowest BCUT2D eigenvalue weighted by atomic mass is 10.2. The van der Waals surface area contributed by atoms with Gasteiger partial charge in [0, 0.05) is 0 Å². The van der Waals surface area contributed by atoms with Crippen LogP contribution in [-0.2, 0) is 14.4 Å². The van der Waals surface area contributed by atoms with Gasteiger partial charge >= 0.3 is 11.9 Å². The van der Waals surface area contributed by atoms with Gasteiger partial charge in [-0.05, 0) is 24.6 Å². The van der Waals surface area contributed by atoms with E-state index in [1.165, 1.54) is 0 Å². The lowest BCUT2D eigenvalue weighted by Gasteiger charge is -2.13. The standard InChI is InChI=1S/C13H14ClNO6/c1-7-2-3-8(14)10(4-7)21-6-11(16)15-9(13(19)20)5-12(17)18/h2-4,9H,5-6H2,1H3,(H,15,16)(H,17,18)(H,19,20)/t9-/m0/s1. The molecule has 7 nitrogen and oxygen atoms in total. The molecule has 21 heavy (non-hydrogen) atoms. The third-order valence-electron chi connectivity index (χ3n) is 2.46. The number of carboxylic acids is 2. The van der Waals surface area contributed by atoms with Gasteiger partial charge in [-0.15, -0.1) is 0 Å². The first-order valence-corrected chi connectivity index (χ1v) is 6.30. The van der Waals surface area contributed by atoms with Crippen LogP contribution in [0, 0.1) is 6.92 Å². The summed E-state index contributed by atoms with van der Waals surface area (Å²) in [7, 11) is 0. The Hall–Kier alpha value is -2.28. The number of hydrogen-bond acceptors (Lipinski definition) is 4. The van der Waals surface area contributed by atoms with E-state index in [2.05, 4.69) is 5.32 Å². The Morgan fingerprint density at radius 2 is 2.00 bits per heavy atom. The van der Waals surface area contributed by atoms with Crippen molar-refractivity contribution in [2.45, 2.75) is 19.4 Å². The van der Waals surface area contributed by atoms with E-state index in [9.17, 15) is 14.4 Å². The number of aryl methyl sites for hydroxylation is 1. The number of carbonyl (C=O) groups is 3. The molecule has 1 amide bonds. The number of nitrogens with one attached hydrogen (secondary N) is 1. The van der Waals surface area contributed by atoms with E-state index < -0.39 is 36.9 Å². The summed E-state index contributed by atoms with van der Waals surface area (Å²) in [5.41, 5.74) is 0.879. The fraction of sp³-hybridized carbons (Fsp3) is 0.308. The molecule has 1 rings (SSSR count). The minimum Gasteiger partial charge on any atom is -0.482 e. The third-order valence-corrected chi connectivity index (χ3v) is 2.77. The van der Waals surface area contributed by atoms with Crippen molar-refractivity contribution in [3.8, 4) is 5.75 Å². The van der Waals surface area contributed by atoms with Crippen LogP contribution in [0.3, 0.4) is 0 Å². The van der Waals surface area contributed by atoms with E-state index in [0.717, 1.165) is 5.56 Å². The molecule has 0 spiro atoms. The second-order valence-electron chi connectivity index (χ2n) is 4.28. The first-order chi connectivity index (χ1) is 9.79. The summed E-state index contributed by atoms with van der Waals surface area (Å²) in [6, 6.07) is 3.49. The quantitative estimate of drug-likeness (QED) is 0.693.